The highest BCUT2D eigenvalue weighted by Gasteiger charge is 2.34. The molecule has 0 heteroatoms. The first kappa shape index (κ1) is 12.5. The molecule has 2 aliphatic carbocycles. The Morgan fingerprint density at radius 1 is 0.688 bits per heavy atom. The Bertz CT molecular complexity index is 174. The Kier molecular flexibility index (Phi) is 4.73. The number of hydrogen-bond acceptors (Lipinski definition) is 0. The van der Waals surface area contributed by atoms with E-state index < -0.39 is 0 Å². The van der Waals surface area contributed by atoms with Gasteiger partial charge in [-0.05, 0) is 49.4 Å². The van der Waals surface area contributed by atoms with Crippen molar-refractivity contribution >= 4 is 0 Å². The van der Waals surface area contributed by atoms with Crippen molar-refractivity contribution in [3.63, 3.8) is 0 Å². The largest absolute Gasteiger partial charge is 0.0654 e. The predicted molar refractivity (Wildman–Crippen MR) is 71.5 cm³/mol. The molecule has 0 radical (unpaired) electrons. The normalized spacial score (nSPS) is 39.4. The van der Waals surface area contributed by atoms with E-state index in [2.05, 4.69) is 13.8 Å². The van der Waals surface area contributed by atoms with Gasteiger partial charge in [-0.1, -0.05) is 52.4 Å². The molecule has 4 unspecified atom stereocenters. The Morgan fingerprint density at radius 2 is 1.12 bits per heavy atom. The molecular formula is C16H30. The van der Waals surface area contributed by atoms with Crippen LogP contribution in [0.15, 0.2) is 0 Å². The van der Waals surface area contributed by atoms with E-state index in [1.807, 2.05) is 0 Å². The topological polar surface area (TPSA) is 0 Å². The highest BCUT2D eigenvalue weighted by Crippen LogP contribution is 2.46. The molecule has 4 atom stereocenters. The molecule has 0 saturated heterocycles. The first-order valence-electron chi connectivity index (χ1n) is 7.83. The SMILES string of the molecule is CCCC1CCC2CC(CCC)CCC2C1. The molecule has 0 N–H and O–H groups in total. The second kappa shape index (κ2) is 6.07. The van der Waals surface area contributed by atoms with Gasteiger partial charge in [0.2, 0.25) is 0 Å². The van der Waals surface area contributed by atoms with Crippen molar-refractivity contribution in [1.29, 1.82) is 0 Å². The van der Waals surface area contributed by atoms with Crippen LogP contribution in [-0.2, 0) is 0 Å². The highest BCUT2D eigenvalue weighted by molar-refractivity contribution is 4.85. The van der Waals surface area contributed by atoms with Gasteiger partial charge in [-0.25, -0.2) is 0 Å². The predicted octanol–water partition coefficient (Wildman–Crippen LogP) is 5.42. The van der Waals surface area contributed by atoms with Crippen molar-refractivity contribution in [2.24, 2.45) is 23.7 Å². The van der Waals surface area contributed by atoms with Crippen LogP contribution in [0.4, 0.5) is 0 Å². The van der Waals surface area contributed by atoms with E-state index in [0.29, 0.717) is 0 Å². The Balaban J connectivity index is 1.80. The summed E-state index contributed by atoms with van der Waals surface area (Å²) in [5.41, 5.74) is 0. The smallest absolute Gasteiger partial charge is 0.0383 e. The molecule has 0 bridgehead atoms. The monoisotopic (exact) mass is 222 g/mol. The minimum Gasteiger partial charge on any atom is -0.0654 e. The molecule has 0 heterocycles. The van der Waals surface area contributed by atoms with E-state index >= 15 is 0 Å². The van der Waals surface area contributed by atoms with Crippen LogP contribution < -0.4 is 0 Å². The van der Waals surface area contributed by atoms with Gasteiger partial charge in [0.15, 0.2) is 0 Å². The van der Waals surface area contributed by atoms with Crippen molar-refractivity contribution < 1.29 is 0 Å². The average molecular weight is 222 g/mol. The van der Waals surface area contributed by atoms with Crippen molar-refractivity contribution in [2.45, 2.75) is 78.1 Å². The van der Waals surface area contributed by atoms with E-state index in [1.54, 1.807) is 38.5 Å². The fourth-order valence-corrected chi connectivity index (χ4v) is 4.42. The first-order chi connectivity index (χ1) is 7.83. The van der Waals surface area contributed by atoms with Gasteiger partial charge < -0.3 is 0 Å². The van der Waals surface area contributed by atoms with Gasteiger partial charge in [0.25, 0.3) is 0 Å². The van der Waals surface area contributed by atoms with Crippen molar-refractivity contribution in [3.8, 4) is 0 Å². The third-order valence-electron chi connectivity index (χ3n) is 5.22. The zero-order valence-electron chi connectivity index (χ0n) is 11.4. The molecule has 0 aromatic heterocycles. The fourth-order valence-electron chi connectivity index (χ4n) is 4.42. The highest BCUT2D eigenvalue weighted by atomic mass is 14.4. The summed E-state index contributed by atoms with van der Waals surface area (Å²) in [5.74, 6) is 4.43. The summed E-state index contributed by atoms with van der Waals surface area (Å²) in [4.78, 5) is 0. The van der Waals surface area contributed by atoms with Crippen molar-refractivity contribution in [2.75, 3.05) is 0 Å². The molecule has 0 aromatic carbocycles. The van der Waals surface area contributed by atoms with Gasteiger partial charge in [-0.2, -0.15) is 0 Å². The summed E-state index contributed by atoms with van der Waals surface area (Å²) >= 11 is 0. The van der Waals surface area contributed by atoms with Crippen LogP contribution >= 0.6 is 0 Å². The van der Waals surface area contributed by atoms with E-state index in [0.717, 1.165) is 23.7 Å². The molecule has 2 fully saturated rings. The van der Waals surface area contributed by atoms with Gasteiger partial charge >= 0.3 is 0 Å². The van der Waals surface area contributed by atoms with E-state index in [4.69, 9.17) is 0 Å². The van der Waals surface area contributed by atoms with Crippen LogP contribution in [0, 0.1) is 23.7 Å². The van der Waals surface area contributed by atoms with Gasteiger partial charge in [0.05, 0.1) is 0 Å². The molecular weight excluding hydrogens is 192 g/mol. The molecule has 94 valence electrons. The van der Waals surface area contributed by atoms with E-state index in [9.17, 15) is 0 Å². The molecule has 16 heavy (non-hydrogen) atoms. The molecule has 0 nitrogen and oxygen atoms in total. The second-order valence-corrected chi connectivity index (χ2v) is 6.46. The molecule has 0 amide bonds. The zero-order chi connectivity index (χ0) is 11.4. The molecule has 2 aliphatic rings. The lowest BCUT2D eigenvalue weighted by molar-refractivity contribution is 0.0918. The molecule has 0 aromatic rings. The molecule has 2 saturated carbocycles. The van der Waals surface area contributed by atoms with Crippen LogP contribution in [0.2, 0.25) is 0 Å². The fraction of sp³-hybridized carbons (Fsp3) is 1.00. The van der Waals surface area contributed by atoms with E-state index in [1.165, 1.54) is 25.7 Å². The molecule has 2 rings (SSSR count). The number of fused-ring (bicyclic) bond motifs is 1. The maximum Gasteiger partial charge on any atom is -0.0383 e. The lowest BCUT2D eigenvalue weighted by Gasteiger charge is -2.42. The number of hydrogen-bond donors (Lipinski definition) is 0. The van der Waals surface area contributed by atoms with Crippen LogP contribution in [-0.4, -0.2) is 0 Å². The lowest BCUT2D eigenvalue weighted by Crippen LogP contribution is -2.31. The van der Waals surface area contributed by atoms with Gasteiger partial charge in [0.1, 0.15) is 0 Å². The summed E-state index contributed by atoms with van der Waals surface area (Å²) < 4.78 is 0. The zero-order valence-corrected chi connectivity index (χ0v) is 11.4. The van der Waals surface area contributed by atoms with Crippen molar-refractivity contribution in [3.05, 3.63) is 0 Å². The summed E-state index contributed by atoms with van der Waals surface area (Å²) in [7, 11) is 0. The Hall–Kier alpha value is 0. The average Bonchev–Trinajstić information content (AvgIpc) is 2.30. The van der Waals surface area contributed by atoms with Gasteiger partial charge in [-0.3, -0.25) is 0 Å². The van der Waals surface area contributed by atoms with Crippen LogP contribution in [0.25, 0.3) is 0 Å². The van der Waals surface area contributed by atoms with Crippen LogP contribution in [0.1, 0.15) is 78.1 Å². The summed E-state index contributed by atoms with van der Waals surface area (Å²) in [5, 5.41) is 0. The first-order valence-corrected chi connectivity index (χ1v) is 7.83. The Morgan fingerprint density at radius 3 is 1.50 bits per heavy atom. The molecule has 0 aliphatic heterocycles. The molecule has 0 spiro atoms. The maximum absolute atomic E-state index is 2.35. The maximum atomic E-state index is 2.35. The third kappa shape index (κ3) is 3.02. The second-order valence-electron chi connectivity index (χ2n) is 6.46. The van der Waals surface area contributed by atoms with Gasteiger partial charge in [-0.15, -0.1) is 0 Å². The minimum atomic E-state index is 1.09. The summed E-state index contributed by atoms with van der Waals surface area (Å²) in [6.45, 7) is 4.70. The van der Waals surface area contributed by atoms with Crippen molar-refractivity contribution in [1.82, 2.24) is 0 Å². The third-order valence-corrected chi connectivity index (χ3v) is 5.22. The van der Waals surface area contributed by atoms with Gasteiger partial charge in [0, 0.05) is 0 Å². The quantitative estimate of drug-likeness (QED) is 0.596. The number of rotatable bonds is 4. The summed E-state index contributed by atoms with van der Waals surface area (Å²) in [6.07, 6.45) is 15.2. The summed E-state index contributed by atoms with van der Waals surface area (Å²) in [6, 6.07) is 0. The lowest BCUT2D eigenvalue weighted by atomic mass is 9.64. The van der Waals surface area contributed by atoms with Crippen LogP contribution in [0.3, 0.4) is 0 Å². The Labute approximate surface area is 102 Å². The van der Waals surface area contributed by atoms with E-state index in [-0.39, 0.29) is 0 Å². The van der Waals surface area contributed by atoms with Crippen LogP contribution in [0.5, 0.6) is 0 Å². The minimum absolute atomic E-state index is 1.09. The standard InChI is InChI=1S/C16H30/c1-3-5-13-7-9-16-12-14(6-4-2)8-10-15(16)11-13/h13-16H,3-12H2,1-2H3.